The molecule has 0 aliphatic heterocycles. The molecule has 0 spiro atoms. The molecular formula is C10H10ClFO4S. The van der Waals surface area contributed by atoms with Crippen molar-refractivity contribution in [3.05, 3.63) is 28.8 Å². The van der Waals surface area contributed by atoms with Gasteiger partial charge in [-0.25, -0.2) is 13.2 Å². The molecule has 0 aromatic heterocycles. The number of carboxylic acids is 1. The van der Waals surface area contributed by atoms with Crippen LogP contribution < -0.4 is 0 Å². The fourth-order valence-corrected chi connectivity index (χ4v) is 2.85. The second-order valence-corrected chi connectivity index (χ2v) is 5.82. The van der Waals surface area contributed by atoms with Crippen molar-refractivity contribution in [2.24, 2.45) is 0 Å². The number of aromatic carboxylic acids is 1. The molecule has 0 unspecified atom stereocenters. The highest BCUT2D eigenvalue weighted by Gasteiger charge is 2.17. The van der Waals surface area contributed by atoms with E-state index in [1.165, 1.54) is 0 Å². The third-order valence-corrected chi connectivity index (χ3v) is 4.19. The summed E-state index contributed by atoms with van der Waals surface area (Å²) in [5.41, 5.74) is -0.170. The van der Waals surface area contributed by atoms with Crippen molar-refractivity contribution in [2.75, 3.05) is 12.4 Å². The van der Waals surface area contributed by atoms with Gasteiger partial charge < -0.3 is 5.11 Å². The summed E-state index contributed by atoms with van der Waals surface area (Å²) < 4.78 is 35.2. The van der Waals surface area contributed by atoms with Crippen LogP contribution in [-0.4, -0.2) is 31.9 Å². The molecular weight excluding hydrogens is 271 g/mol. The van der Waals surface area contributed by atoms with Crippen LogP contribution in [0, 0.1) is 0 Å². The van der Waals surface area contributed by atoms with Gasteiger partial charge in [-0.3, -0.25) is 4.39 Å². The van der Waals surface area contributed by atoms with E-state index in [-0.39, 0.29) is 27.7 Å². The molecule has 0 atom stereocenters. The molecule has 0 heterocycles. The zero-order chi connectivity index (χ0) is 13.1. The molecule has 1 aromatic rings. The number of benzene rings is 1. The van der Waals surface area contributed by atoms with Gasteiger partial charge in [0.25, 0.3) is 0 Å². The lowest BCUT2D eigenvalue weighted by atomic mass is 10.2. The summed E-state index contributed by atoms with van der Waals surface area (Å²) in [6, 6.07) is 3.34. The van der Waals surface area contributed by atoms with Crippen LogP contribution in [-0.2, 0) is 9.84 Å². The van der Waals surface area contributed by atoms with Crippen LogP contribution in [0.15, 0.2) is 23.1 Å². The fraction of sp³-hybridized carbons (Fsp3) is 0.300. The van der Waals surface area contributed by atoms with E-state index >= 15 is 0 Å². The maximum Gasteiger partial charge on any atom is 0.337 e. The van der Waals surface area contributed by atoms with E-state index in [9.17, 15) is 17.6 Å². The van der Waals surface area contributed by atoms with Gasteiger partial charge in [0, 0.05) is 0 Å². The number of hydrogen-bond acceptors (Lipinski definition) is 3. The normalized spacial score (nSPS) is 11.4. The molecule has 0 aliphatic carbocycles. The van der Waals surface area contributed by atoms with Gasteiger partial charge in [-0.15, -0.1) is 0 Å². The molecule has 0 bridgehead atoms. The first kappa shape index (κ1) is 13.9. The number of carbonyl (C=O) groups is 1. The average Bonchev–Trinajstić information content (AvgIpc) is 2.25. The van der Waals surface area contributed by atoms with Crippen LogP contribution in [0.5, 0.6) is 0 Å². The highest BCUT2D eigenvalue weighted by atomic mass is 35.5. The average molecular weight is 281 g/mol. The van der Waals surface area contributed by atoms with Crippen molar-refractivity contribution in [1.29, 1.82) is 0 Å². The number of halogens is 2. The number of alkyl halides is 1. The minimum Gasteiger partial charge on any atom is -0.478 e. The maximum absolute atomic E-state index is 11.9. The molecule has 7 heteroatoms. The molecule has 17 heavy (non-hydrogen) atoms. The third-order valence-electron chi connectivity index (χ3n) is 2.08. The highest BCUT2D eigenvalue weighted by Crippen LogP contribution is 2.22. The Morgan fingerprint density at radius 2 is 2.06 bits per heavy atom. The van der Waals surface area contributed by atoms with Crippen molar-refractivity contribution in [1.82, 2.24) is 0 Å². The lowest BCUT2D eigenvalue weighted by Gasteiger charge is -2.05. The Hall–Kier alpha value is -1.14. The van der Waals surface area contributed by atoms with E-state index in [0.29, 0.717) is 0 Å². The van der Waals surface area contributed by atoms with Crippen LogP contribution in [0.4, 0.5) is 4.39 Å². The van der Waals surface area contributed by atoms with E-state index in [0.717, 1.165) is 18.2 Å². The Morgan fingerprint density at radius 3 is 2.53 bits per heavy atom. The first-order valence-electron chi connectivity index (χ1n) is 4.70. The largest absolute Gasteiger partial charge is 0.478 e. The lowest BCUT2D eigenvalue weighted by molar-refractivity contribution is 0.0697. The van der Waals surface area contributed by atoms with Crippen molar-refractivity contribution < 1.29 is 22.7 Å². The molecule has 4 nitrogen and oxygen atoms in total. The molecule has 94 valence electrons. The first-order chi connectivity index (χ1) is 7.88. The van der Waals surface area contributed by atoms with Crippen molar-refractivity contribution >= 4 is 27.4 Å². The lowest BCUT2D eigenvalue weighted by Crippen LogP contribution is -2.08. The first-order valence-corrected chi connectivity index (χ1v) is 6.73. The van der Waals surface area contributed by atoms with Crippen LogP contribution in [0.3, 0.4) is 0 Å². The topological polar surface area (TPSA) is 71.4 Å². The molecule has 0 radical (unpaired) electrons. The summed E-state index contributed by atoms with van der Waals surface area (Å²) in [5.74, 6) is -1.56. The Balaban J connectivity index is 3.09. The van der Waals surface area contributed by atoms with E-state index in [2.05, 4.69) is 0 Å². The number of carboxylic acid groups (broad SMARTS) is 1. The molecule has 1 rings (SSSR count). The summed E-state index contributed by atoms with van der Waals surface area (Å²) in [5, 5.41) is 8.56. The quantitative estimate of drug-likeness (QED) is 0.897. The highest BCUT2D eigenvalue weighted by molar-refractivity contribution is 7.91. The summed E-state index contributed by atoms with van der Waals surface area (Å²) >= 11 is 5.65. The minimum absolute atomic E-state index is 0.0963. The zero-order valence-corrected chi connectivity index (χ0v) is 10.3. The molecule has 1 aromatic carbocycles. The molecule has 0 saturated heterocycles. The number of rotatable bonds is 5. The predicted octanol–water partition coefficient (Wildman–Crippen LogP) is 2.17. The standard InChI is InChI=1S/C10H10ClFO4S/c11-9-6-7(2-3-8(9)10(13)14)17(15,16)5-1-4-12/h2-3,6H,1,4-5H2,(H,13,14). The molecule has 0 saturated carbocycles. The van der Waals surface area contributed by atoms with Crippen molar-refractivity contribution in [2.45, 2.75) is 11.3 Å². The molecule has 0 amide bonds. The number of sulfone groups is 1. The van der Waals surface area contributed by atoms with Gasteiger partial charge in [-0.05, 0) is 24.6 Å². The number of hydrogen-bond donors (Lipinski definition) is 1. The molecule has 0 aliphatic rings. The monoisotopic (exact) mass is 280 g/mol. The van der Waals surface area contributed by atoms with Crippen LogP contribution in [0.2, 0.25) is 5.02 Å². The second kappa shape index (κ2) is 5.46. The predicted molar refractivity (Wildman–Crippen MR) is 61.1 cm³/mol. The van der Waals surface area contributed by atoms with E-state index in [4.69, 9.17) is 16.7 Å². The van der Waals surface area contributed by atoms with Gasteiger partial charge in [0.2, 0.25) is 0 Å². The van der Waals surface area contributed by atoms with Crippen molar-refractivity contribution in [3.8, 4) is 0 Å². The van der Waals surface area contributed by atoms with Gasteiger partial charge >= 0.3 is 5.97 Å². The summed E-state index contributed by atoms with van der Waals surface area (Å²) in [4.78, 5) is 10.6. The Bertz CT molecular complexity index is 527. The Morgan fingerprint density at radius 1 is 1.41 bits per heavy atom. The van der Waals surface area contributed by atoms with Crippen molar-refractivity contribution in [3.63, 3.8) is 0 Å². The third kappa shape index (κ3) is 3.41. The summed E-state index contributed by atoms with van der Waals surface area (Å²) in [6.07, 6.45) is -0.0966. The summed E-state index contributed by atoms with van der Waals surface area (Å²) in [7, 11) is -3.60. The van der Waals surface area contributed by atoms with E-state index in [1.54, 1.807) is 0 Å². The second-order valence-electron chi connectivity index (χ2n) is 3.31. The van der Waals surface area contributed by atoms with Crippen LogP contribution >= 0.6 is 11.6 Å². The fourth-order valence-electron chi connectivity index (χ4n) is 1.23. The van der Waals surface area contributed by atoms with Gasteiger partial charge in [0.1, 0.15) is 0 Å². The Labute approximate surface area is 103 Å². The van der Waals surface area contributed by atoms with Gasteiger partial charge in [-0.1, -0.05) is 11.6 Å². The SMILES string of the molecule is O=C(O)c1ccc(S(=O)(=O)CCCF)cc1Cl. The molecule has 1 N–H and O–H groups in total. The minimum atomic E-state index is -3.60. The van der Waals surface area contributed by atoms with E-state index in [1.807, 2.05) is 0 Å². The maximum atomic E-state index is 11.9. The molecule has 0 fully saturated rings. The van der Waals surface area contributed by atoms with E-state index < -0.39 is 22.5 Å². The Kier molecular flexibility index (Phi) is 4.47. The van der Waals surface area contributed by atoms with Gasteiger partial charge in [0.15, 0.2) is 9.84 Å². The smallest absolute Gasteiger partial charge is 0.337 e. The van der Waals surface area contributed by atoms with Crippen LogP contribution in [0.1, 0.15) is 16.8 Å². The van der Waals surface area contributed by atoms with Gasteiger partial charge in [0.05, 0.1) is 27.9 Å². The zero-order valence-electron chi connectivity index (χ0n) is 8.69. The van der Waals surface area contributed by atoms with Crippen LogP contribution in [0.25, 0.3) is 0 Å². The van der Waals surface area contributed by atoms with Gasteiger partial charge in [-0.2, -0.15) is 0 Å². The summed E-state index contributed by atoms with van der Waals surface area (Å²) in [6.45, 7) is -0.722.